The predicted octanol–water partition coefficient (Wildman–Crippen LogP) is 3.82. The van der Waals surface area contributed by atoms with Gasteiger partial charge in [0.1, 0.15) is 11.6 Å². The lowest BCUT2D eigenvalue weighted by atomic mass is 10.0. The zero-order valence-electron chi connectivity index (χ0n) is 13.9. The predicted molar refractivity (Wildman–Crippen MR) is 92.6 cm³/mol. The highest BCUT2D eigenvalue weighted by Gasteiger charge is 2.17. The van der Waals surface area contributed by atoms with Crippen molar-refractivity contribution in [2.75, 3.05) is 7.11 Å². The number of nitriles is 1. The molecule has 0 saturated heterocycles. The van der Waals surface area contributed by atoms with Crippen molar-refractivity contribution in [1.82, 2.24) is 14.8 Å². The molecule has 2 heterocycles. The number of hydrogen-bond donors (Lipinski definition) is 0. The molecule has 0 radical (unpaired) electrons. The summed E-state index contributed by atoms with van der Waals surface area (Å²) in [6, 6.07) is 14.1. The molecule has 0 fully saturated rings. The molecule has 0 saturated carbocycles. The second-order valence-corrected chi connectivity index (χ2v) is 5.47. The van der Waals surface area contributed by atoms with E-state index in [1.807, 2.05) is 61.1 Å². The van der Waals surface area contributed by atoms with E-state index < -0.39 is 0 Å². The van der Waals surface area contributed by atoms with Crippen LogP contribution < -0.4 is 4.74 Å². The quantitative estimate of drug-likeness (QED) is 0.733. The van der Waals surface area contributed by atoms with Crippen molar-refractivity contribution in [3.05, 3.63) is 53.7 Å². The van der Waals surface area contributed by atoms with Gasteiger partial charge in [-0.15, -0.1) is 0 Å². The zero-order valence-corrected chi connectivity index (χ0v) is 13.9. The number of hydrogen-bond acceptors (Lipinski definition) is 4. The Morgan fingerprint density at radius 3 is 2.50 bits per heavy atom. The lowest BCUT2D eigenvalue weighted by molar-refractivity contribution is 0.397. The first-order chi connectivity index (χ1) is 11.7. The van der Waals surface area contributed by atoms with Gasteiger partial charge < -0.3 is 4.74 Å². The second-order valence-electron chi connectivity index (χ2n) is 5.47. The number of benzene rings is 1. The Morgan fingerprint density at radius 2 is 1.92 bits per heavy atom. The van der Waals surface area contributed by atoms with Crippen molar-refractivity contribution < 1.29 is 4.74 Å². The molecule has 0 amide bonds. The Hall–Kier alpha value is -3.13. The third-order valence-corrected chi connectivity index (χ3v) is 3.88. The summed E-state index contributed by atoms with van der Waals surface area (Å²) in [5.41, 5.74) is 4.78. The highest BCUT2D eigenvalue weighted by atomic mass is 16.5. The van der Waals surface area contributed by atoms with Crippen LogP contribution in [0.25, 0.3) is 22.5 Å². The Kier molecular flexibility index (Phi) is 4.30. The molecule has 0 bridgehead atoms. The molecule has 5 nitrogen and oxygen atoms in total. The fourth-order valence-electron chi connectivity index (χ4n) is 2.53. The summed E-state index contributed by atoms with van der Waals surface area (Å²) < 4.78 is 7.18. The van der Waals surface area contributed by atoms with Crippen LogP contribution in [0.4, 0.5) is 0 Å². The lowest BCUT2D eigenvalue weighted by Gasteiger charge is -2.10. The van der Waals surface area contributed by atoms with Gasteiger partial charge in [0.05, 0.1) is 18.5 Å². The van der Waals surface area contributed by atoms with E-state index in [1.54, 1.807) is 0 Å². The smallest absolute Gasteiger partial charge is 0.232 e. The van der Waals surface area contributed by atoms with Gasteiger partial charge in [-0.05, 0) is 26.0 Å². The number of nitrogens with zero attached hydrogens (tertiary/aromatic N) is 4. The van der Waals surface area contributed by atoms with E-state index in [0.717, 1.165) is 29.1 Å². The Morgan fingerprint density at radius 1 is 1.17 bits per heavy atom. The van der Waals surface area contributed by atoms with Crippen molar-refractivity contribution in [3.8, 4) is 34.5 Å². The minimum atomic E-state index is 0.316. The third-order valence-electron chi connectivity index (χ3n) is 3.88. The Balaban J connectivity index is 2.21. The molecule has 0 spiro atoms. The first-order valence-electron chi connectivity index (χ1n) is 7.76. The molecule has 3 rings (SSSR count). The fourth-order valence-corrected chi connectivity index (χ4v) is 2.53. The number of ether oxygens (including phenoxy) is 1. The molecule has 0 atom stereocenters. The van der Waals surface area contributed by atoms with Gasteiger partial charge in [-0.2, -0.15) is 10.4 Å². The maximum atomic E-state index is 9.55. The molecule has 3 aromatic rings. The SMILES string of the molecule is CCn1ccc(-c2cc(-c3ccc(C)cc3)nc(OC)c2C#N)n1. The molecule has 24 heavy (non-hydrogen) atoms. The summed E-state index contributed by atoms with van der Waals surface area (Å²) in [6.45, 7) is 4.83. The standard InChI is InChI=1S/C19H18N4O/c1-4-23-10-9-17(22-23)15-11-18(14-7-5-13(2)6-8-14)21-19(24-3)16(15)12-20/h5-11H,4H2,1-3H3. The van der Waals surface area contributed by atoms with Crippen molar-refractivity contribution >= 4 is 0 Å². The highest BCUT2D eigenvalue weighted by molar-refractivity contribution is 5.75. The van der Waals surface area contributed by atoms with E-state index in [1.165, 1.54) is 12.7 Å². The molecule has 0 aliphatic carbocycles. The molecule has 1 aromatic carbocycles. The number of aromatic nitrogens is 3. The van der Waals surface area contributed by atoms with Gasteiger partial charge >= 0.3 is 0 Å². The summed E-state index contributed by atoms with van der Waals surface area (Å²) in [4.78, 5) is 4.50. The van der Waals surface area contributed by atoms with Gasteiger partial charge in [-0.3, -0.25) is 4.68 Å². The maximum absolute atomic E-state index is 9.55. The van der Waals surface area contributed by atoms with Crippen LogP contribution in [0.15, 0.2) is 42.6 Å². The van der Waals surface area contributed by atoms with Gasteiger partial charge in [-0.1, -0.05) is 29.8 Å². The van der Waals surface area contributed by atoms with Crippen molar-refractivity contribution in [2.24, 2.45) is 0 Å². The Labute approximate surface area is 141 Å². The topological polar surface area (TPSA) is 63.7 Å². The zero-order chi connectivity index (χ0) is 17.1. The van der Waals surface area contributed by atoms with Gasteiger partial charge in [0.15, 0.2) is 0 Å². The van der Waals surface area contributed by atoms with E-state index in [0.29, 0.717) is 11.4 Å². The van der Waals surface area contributed by atoms with Gasteiger partial charge in [-0.25, -0.2) is 4.98 Å². The summed E-state index contributed by atoms with van der Waals surface area (Å²) in [6.07, 6.45) is 1.90. The average molecular weight is 318 g/mol. The first-order valence-corrected chi connectivity index (χ1v) is 7.76. The number of rotatable bonds is 4. The Bertz CT molecular complexity index is 904. The van der Waals surface area contributed by atoms with Crippen molar-refractivity contribution in [1.29, 1.82) is 5.26 Å². The molecule has 120 valence electrons. The normalized spacial score (nSPS) is 10.4. The number of aryl methyl sites for hydroxylation is 2. The van der Waals surface area contributed by atoms with Crippen LogP contribution in [0.2, 0.25) is 0 Å². The van der Waals surface area contributed by atoms with Crippen LogP contribution in [0, 0.1) is 18.3 Å². The summed E-state index contributed by atoms with van der Waals surface area (Å²) in [7, 11) is 1.52. The van der Waals surface area contributed by atoms with E-state index in [-0.39, 0.29) is 0 Å². The minimum Gasteiger partial charge on any atom is -0.480 e. The van der Waals surface area contributed by atoms with Crippen LogP contribution in [-0.2, 0) is 6.54 Å². The van der Waals surface area contributed by atoms with Crippen LogP contribution in [0.1, 0.15) is 18.1 Å². The van der Waals surface area contributed by atoms with E-state index in [4.69, 9.17) is 4.74 Å². The number of pyridine rings is 1. The minimum absolute atomic E-state index is 0.316. The first kappa shape index (κ1) is 15.8. The summed E-state index contributed by atoms with van der Waals surface area (Å²) in [5.74, 6) is 0.316. The maximum Gasteiger partial charge on any atom is 0.232 e. The fraction of sp³-hybridized carbons (Fsp3) is 0.211. The van der Waals surface area contributed by atoms with Gasteiger partial charge in [0, 0.05) is 23.9 Å². The lowest BCUT2D eigenvalue weighted by Crippen LogP contribution is -1.99. The van der Waals surface area contributed by atoms with Gasteiger partial charge in [0.2, 0.25) is 5.88 Å². The molecule has 0 unspecified atom stereocenters. The molecule has 5 heteroatoms. The molecule has 0 N–H and O–H groups in total. The van der Waals surface area contributed by atoms with Crippen molar-refractivity contribution in [3.63, 3.8) is 0 Å². The molecular formula is C19H18N4O. The van der Waals surface area contributed by atoms with E-state index in [9.17, 15) is 5.26 Å². The van der Waals surface area contributed by atoms with Gasteiger partial charge in [0.25, 0.3) is 0 Å². The average Bonchev–Trinajstić information content (AvgIpc) is 3.10. The second kappa shape index (κ2) is 6.55. The van der Waals surface area contributed by atoms with Crippen LogP contribution >= 0.6 is 0 Å². The number of methoxy groups -OCH3 is 1. The van der Waals surface area contributed by atoms with Crippen LogP contribution in [0.5, 0.6) is 5.88 Å². The van der Waals surface area contributed by atoms with Crippen LogP contribution in [-0.4, -0.2) is 21.9 Å². The highest BCUT2D eigenvalue weighted by Crippen LogP contribution is 2.32. The molecular weight excluding hydrogens is 300 g/mol. The van der Waals surface area contributed by atoms with E-state index >= 15 is 0 Å². The molecule has 2 aromatic heterocycles. The molecule has 0 aliphatic rings. The monoisotopic (exact) mass is 318 g/mol. The van der Waals surface area contributed by atoms with Crippen LogP contribution in [0.3, 0.4) is 0 Å². The summed E-state index contributed by atoms with van der Waals surface area (Å²) in [5, 5.41) is 14.1. The van der Waals surface area contributed by atoms with E-state index in [2.05, 4.69) is 16.2 Å². The molecule has 0 aliphatic heterocycles. The van der Waals surface area contributed by atoms with Crippen molar-refractivity contribution in [2.45, 2.75) is 20.4 Å². The third kappa shape index (κ3) is 2.86. The largest absolute Gasteiger partial charge is 0.480 e. The summed E-state index contributed by atoms with van der Waals surface area (Å²) >= 11 is 0.